The lowest BCUT2D eigenvalue weighted by Gasteiger charge is -2.24. The SMILES string of the molecule is CC(=O)[C@H](CCN(CCCCc1ccc2c(n1)NCCC2)CCOc1ccccn1)Nc1c2cnn(C)c2nc[n+]1O. The van der Waals surface area contributed by atoms with Gasteiger partial charge in [-0.1, -0.05) is 21.8 Å². The zero-order valence-corrected chi connectivity index (χ0v) is 24.4. The van der Waals surface area contributed by atoms with Crippen LogP contribution in [-0.2, 0) is 24.7 Å². The molecule has 12 heteroatoms. The first-order valence-electron chi connectivity index (χ1n) is 14.7. The third-order valence-electron chi connectivity index (χ3n) is 7.62. The largest absolute Gasteiger partial charge is 0.476 e. The monoisotopic (exact) mass is 574 g/mol. The average Bonchev–Trinajstić information content (AvgIpc) is 3.38. The first-order chi connectivity index (χ1) is 20.5. The van der Waals surface area contributed by atoms with E-state index in [1.165, 1.54) is 11.9 Å². The molecule has 1 atom stereocenters. The maximum Gasteiger partial charge on any atom is 0.274 e. The number of Topliss-reactive ketones (excluding diaryl/α,β-unsaturated/α-hetero) is 1. The summed E-state index contributed by atoms with van der Waals surface area (Å²) in [6, 6.07) is 9.47. The third-order valence-corrected chi connectivity index (χ3v) is 7.62. The van der Waals surface area contributed by atoms with Crippen molar-refractivity contribution in [2.24, 2.45) is 7.05 Å². The molecule has 0 saturated heterocycles. The van der Waals surface area contributed by atoms with Gasteiger partial charge in [0.1, 0.15) is 23.9 Å². The van der Waals surface area contributed by atoms with Crippen LogP contribution in [-0.4, -0.2) is 79.5 Å². The molecule has 42 heavy (non-hydrogen) atoms. The Kier molecular flexibility index (Phi) is 9.75. The normalized spacial score (nSPS) is 13.5. The molecule has 12 nitrogen and oxygen atoms in total. The number of nitrogens with one attached hydrogen (secondary N) is 2. The van der Waals surface area contributed by atoms with Gasteiger partial charge < -0.3 is 15.3 Å². The van der Waals surface area contributed by atoms with E-state index in [-0.39, 0.29) is 5.78 Å². The lowest BCUT2D eigenvalue weighted by atomic mass is 10.1. The van der Waals surface area contributed by atoms with E-state index in [9.17, 15) is 10.0 Å². The Labute approximate surface area is 245 Å². The Morgan fingerprint density at radius 2 is 2.12 bits per heavy atom. The molecule has 4 aromatic rings. The number of ether oxygens (including phenoxy) is 1. The number of hydrogen-bond acceptors (Lipinski definition) is 10. The molecule has 0 amide bonds. The van der Waals surface area contributed by atoms with Crippen molar-refractivity contribution in [1.82, 2.24) is 29.6 Å². The highest BCUT2D eigenvalue weighted by molar-refractivity contribution is 5.89. The fourth-order valence-electron chi connectivity index (χ4n) is 5.24. The number of aryl methyl sites for hydroxylation is 3. The molecule has 0 aliphatic carbocycles. The van der Waals surface area contributed by atoms with Gasteiger partial charge in [-0.25, -0.2) is 14.6 Å². The Balaban J connectivity index is 1.19. The molecule has 0 unspecified atom stereocenters. The summed E-state index contributed by atoms with van der Waals surface area (Å²) in [5.41, 5.74) is 3.04. The fourth-order valence-corrected chi connectivity index (χ4v) is 5.24. The summed E-state index contributed by atoms with van der Waals surface area (Å²) < 4.78 is 8.41. The van der Waals surface area contributed by atoms with Gasteiger partial charge in [0.25, 0.3) is 12.1 Å². The van der Waals surface area contributed by atoms with Crippen LogP contribution in [0.3, 0.4) is 0 Å². The Morgan fingerprint density at radius 1 is 1.21 bits per heavy atom. The zero-order chi connectivity index (χ0) is 29.3. The van der Waals surface area contributed by atoms with Crippen molar-refractivity contribution in [3.05, 3.63) is 60.3 Å². The first kappa shape index (κ1) is 29.2. The number of pyridine rings is 2. The summed E-state index contributed by atoms with van der Waals surface area (Å²) in [7, 11) is 1.78. The molecular weight excluding hydrogens is 534 g/mol. The van der Waals surface area contributed by atoms with E-state index < -0.39 is 6.04 Å². The van der Waals surface area contributed by atoms with E-state index in [0.717, 1.165) is 61.4 Å². The zero-order valence-electron chi connectivity index (χ0n) is 24.4. The molecule has 3 N–H and O–H groups in total. The molecule has 0 fully saturated rings. The van der Waals surface area contributed by atoms with E-state index in [1.54, 1.807) is 31.0 Å². The van der Waals surface area contributed by atoms with Crippen LogP contribution >= 0.6 is 0 Å². The van der Waals surface area contributed by atoms with Crippen molar-refractivity contribution in [3.63, 3.8) is 0 Å². The molecule has 222 valence electrons. The molecule has 4 aromatic heterocycles. The van der Waals surface area contributed by atoms with Crippen LogP contribution in [0.4, 0.5) is 11.6 Å². The maximum atomic E-state index is 12.7. The van der Waals surface area contributed by atoms with Gasteiger partial charge in [-0.05, 0) is 63.3 Å². The van der Waals surface area contributed by atoms with Crippen molar-refractivity contribution in [3.8, 4) is 5.88 Å². The third kappa shape index (κ3) is 7.49. The van der Waals surface area contributed by atoms with Crippen molar-refractivity contribution in [1.29, 1.82) is 0 Å². The number of fused-ring (bicyclic) bond motifs is 2. The smallest absolute Gasteiger partial charge is 0.274 e. The maximum absolute atomic E-state index is 12.7. The second-order valence-corrected chi connectivity index (χ2v) is 10.7. The number of hydrogen-bond donors (Lipinski definition) is 3. The number of carbonyl (C=O) groups excluding carboxylic acids is 1. The average molecular weight is 575 g/mol. The van der Waals surface area contributed by atoms with Crippen LogP contribution in [0.2, 0.25) is 0 Å². The van der Waals surface area contributed by atoms with E-state index in [2.05, 4.69) is 42.7 Å². The highest BCUT2D eigenvalue weighted by Crippen LogP contribution is 2.21. The highest BCUT2D eigenvalue weighted by Gasteiger charge is 2.25. The van der Waals surface area contributed by atoms with E-state index in [1.807, 2.05) is 18.2 Å². The molecule has 0 saturated carbocycles. The predicted molar refractivity (Wildman–Crippen MR) is 159 cm³/mol. The number of ketones is 1. The summed E-state index contributed by atoms with van der Waals surface area (Å²) in [5.74, 6) is 2.02. The van der Waals surface area contributed by atoms with Crippen LogP contribution in [0.15, 0.2) is 49.1 Å². The summed E-state index contributed by atoms with van der Waals surface area (Å²) >= 11 is 0. The Morgan fingerprint density at radius 3 is 2.95 bits per heavy atom. The van der Waals surface area contributed by atoms with Crippen LogP contribution in [0, 0.1) is 0 Å². The molecule has 0 bridgehead atoms. The second-order valence-electron chi connectivity index (χ2n) is 10.7. The molecule has 0 aromatic carbocycles. The lowest BCUT2D eigenvalue weighted by molar-refractivity contribution is -0.894. The van der Waals surface area contributed by atoms with Gasteiger partial charge in [0.05, 0.1) is 6.20 Å². The van der Waals surface area contributed by atoms with Crippen LogP contribution in [0.5, 0.6) is 5.88 Å². The lowest BCUT2D eigenvalue weighted by Crippen LogP contribution is -2.41. The van der Waals surface area contributed by atoms with Gasteiger partial charge in [0.15, 0.2) is 5.78 Å². The molecule has 5 rings (SSSR count). The summed E-state index contributed by atoms with van der Waals surface area (Å²) in [4.78, 5) is 28.3. The summed E-state index contributed by atoms with van der Waals surface area (Å²) in [6.07, 6.45) is 10.4. The topological polar surface area (TPSA) is 134 Å². The summed E-state index contributed by atoms with van der Waals surface area (Å²) in [5, 5.41) is 22.0. The Hall–Kier alpha value is -4.32. The number of anilines is 2. The van der Waals surface area contributed by atoms with Gasteiger partial charge in [0.2, 0.25) is 11.5 Å². The van der Waals surface area contributed by atoms with E-state index in [4.69, 9.17) is 9.72 Å². The minimum atomic E-state index is -0.499. The molecule has 5 heterocycles. The number of carbonyl (C=O) groups is 1. The fraction of sp³-hybridized carbons (Fsp3) is 0.467. The molecule has 1 aliphatic heterocycles. The number of nitrogens with zero attached hydrogens (tertiary/aromatic N) is 7. The number of aromatic nitrogens is 6. The summed E-state index contributed by atoms with van der Waals surface area (Å²) in [6.45, 7) is 5.28. The number of rotatable bonds is 15. The van der Waals surface area contributed by atoms with Crippen molar-refractivity contribution in [2.45, 2.75) is 51.5 Å². The van der Waals surface area contributed by atoms with Gasteiger partial charge in [0, 0.05) is 51.1 Å². The van der Waals surface area contributed by atoms with Crippen molar-refractivity contribution < 1.29 is 19.5 Å². The van der Waals surface area contributed by atoms with E-state index >= 15 is 0 Å². The van der Waals surface area contributed by atoms with Gasteiger partial charge in [-0.2, -0.15) is 5.10 Å². The van der Waals surface area contributed by atoms with Crippen molar-refractivity contribution in [2.75, 3.05) is 43.4 Å². The molecule has 1 aliphatic rings. The van der Waals surface area contributed by atoms with Gasteiger partial charge >= 0.3 is 0 Å². The minimum Gasteiger partial charge on any atom is -0.476 e. The number of unbranched alkanes of at least 4 members (excludes halogenated alkanes) is 1. The first-order valence-corrected chi connectivity index (χ1v) is 14.7. The van der Waals surface area contributed by atoms with Crippen molar-refractivity contribution >= 4 is 28.5 Å². The van der Waals surface area contributed by atoms with Crippen LogP contribution < -0.4 is 20.1 Å². The minimum absolute atomic E-state index is 0.0133. The van der Waals surface area contributed by atoms with Gasteiger partial charge in [-0.3, -0.25) is 15.0 Å². The van der Waals surface area contributed by atoms with Crippen LogP contribution in [0.25, 0.3) is 11.0 Å². The molecular formula is C30H40N9O3+. The van der Waals surface area contributed by atoms with Crippen LogP contribution in [0.1, 0.15) is 43.9 Å². The standard InChI is InChI=1S/C30H39N9O3/c1-22(40)26(36-30-25-20-34-37(2)29(25)33-21-39(30)41)13-17-38(18-19-42-27-10-3-5-14-31-27)16-6-4-9-24-12-11-23-8-7-15-32-28(23)35-24/h3,5,10-12,14,20-21,26,41H,4,6-9,13,15-19H2,1-2H3,(H,32,35)/p+1/t26-/m0/s1. The van der Waals surface area contributed by atoms with Gasteiger partial charge in [-0.15, -0.1) is 0 Å². The molecule has 0 spiro atoms. The van der Waals surface area contributed by atoms with E-state index in [0.29, 0.717) is 48.8 Å². The second kappa shape index (κ2) is 14.0. The Bertz CT molecular complexity index is 1480. The quantitative estimate of drug-likeness (QED) is 0.111. The predicted octanol–water partition coefficient (Wildman–Crippen LogP) is 2.80. The highest BCUT2D eigenvalue weighted by atomic mass is 16.5. The molecule has 0 radical (unpaired) electrons.